The topological polar surface area (TPSA) is 110 Å². The molecule has 0 fully saturated rings. The molecule has 1 unspecified atom stereocenters. The van der Waals surface area contributed by atoms with Gasteiger partial charge in [0, 0.05) is 12.5 Å². The van der Waals surface area contributed by atoms with Crippen LogP contribution < -0.4 is 5.32 Å². The van der Waals surface area contributed by atoms with E-state index in [0.717, 1.165) is 0 Å². The van der Waals surface area contributed by atoms with Gasteiger partial charge in [0.15, 0.2) is 0 Å². The van der Waals surface area contributed by atoms with E-state index < -0.39 is 45.7 Å². The van der Waals surface area contributed by atoms with Crippen LogP contribution in [0.3, 0.4) is 0 Å². The van der Waals surface area contributed by atoms with E-state index in [2.05, 4.69) is 5.32 Å². The monoisotopic (exact) mass is 302 g/mol. The molecule has 9 heteroatoms. The first-order valence-corrected chi connectivity index (χ1v) is 5.88. The molecular weight excluding hydrogens is 290 g/mol. The number of hydrogen-bond donors (Lipinski definition) is 2. The smallest absolute Gasteiger partial charge is 0.308 e. The lowest BCUT2D eigenvalue weighted by Crippen LogP contribution is -2.33. The van der Waals surface area contributed by atoms with Crippen LogP contribution in [0.1, 0.15) is 30.1 Å². The highest BCUT2D eigenvalue weighted by molar-refractivity contribution is 5.95. The van der Waals surface area contributed by atoms with Gasteiger partial charge >= 0.3 is 11.7 Å². The van der Waals surface area contributed by atoms with Gasteiger partial charge in [0.1, 0.15) is 5.82 Å². The molecular formula is C12H12F2N2O5. The number of amides is 1. The Labute approximate surface area is 117 Å². The molecule has 114 valence electrons. The van der Waals surface area contributed by atoms with E-state index in [9.17, 15) is 28.5 Å². The fraction of sp³-hybridized carbons (Fsp3) is 0.333. The molecule has 1 rings (SSSR count). The van der Waals surface area contributed by atoms with Crippen molar-refractivity contribution in [3.8, 4) is 0 Å². The van der Waals surface area contributed by atoms with Gasteiger partial charge in [-0.3, -0.25) is 19.7 Å². The Morgan fingerprint density at radius 1 is 1.43 bits per heavy atom. The van der Waals surface area contributed by atoms with Crippen LogP contribution in [0.25, 0.3) is 0 Å². The van der Waals surface area contributed by atoms with E-state index in [4.69, 9.17) is 5.11 Å². The molecule has 0 saturated heterocycles. The van der Waals surface area contributed by atoms with Crippen LogP contribution in [0, 0.1) is 21.7 Å². The van der Waals surface area contributed by atoms with Crippen LogP contribution in [-0.4, -0.2) is 27.9 Å². The largest absolute Gasteiger partial charge is 0.481 e. The standard InChI is InChI=1S/C12H12F2N2O5/c1-6(2-3-10(17)18)15-12(19)8-4-7(13)5-9(11(8)14)16(20)21/h4-6H,2-3H2,1H3,(H,15,19)(H,17,18). The van der Waals surface area contributed by atoms with Gasteiger partial charge in [-0.25, -0.2) is 4.39 Å². The molecule has 1 aromatic rings. The van der Waals surface area contributed by atoms with Gasteiger partial charge in [-0.1, -0.05) is 0 Å². The van der Waals surface area contributed by atoms with Crippen molar-refractivity contribution in [1.29, 1.82) is 0 Å². The first-order valence-electron chi connectivity index (χ1n) is 5.88. The molecule has 7 nitrogen and oxygen atoms in total. The summed E-state index contributed by atoms with van der Waals surface area (Å²) in [6.45, 7) is 1.48. The van der Waals surface area contributed by atoms with E-state index in [-0.39, 0.29) is 12.8 Å². The number of carboxylic acids is 1. The molecule has 0 aliphatic heterocycles. The molecule has 21 heavy (non-hydrogen) atoms. The van der Waals surface area contributed by atoms with Gasteiger partial charge in [0.25, 0.3) is 5.91 Å². The Hall–Kier alpha value is -2.58. The van der Waals surface area contributed by atoms with Crippen LogP contribution in [0.15, 0.2) is 12.1 Å². The van der Waals surface area contributed by atoms with Crippen LogP contribution in [-0.2, 0) is 4.79 Å². The van der Waals surface area contributed by atoms with Crippen molar-refractivity contribution in [2.75, 3.05) is 0 Å². The highest BCUT2D eigenvalue weighted by Gasteiger charge is 2.24. The molecule has 0 aromatic heterocycles. The zero-order valence-corrected chi connectivity index (χ0v) is 10.9. The van der Waals surface area contributed by atoms with Crippen molar-refractivity contribution < 1.29 is 28.4 Å². The molecule has 0 heterocycles. The van der Waals surface area contributed by atoms with Gasteiger partial charge in [-0.2, -0.15) is 4.39 Å². The van der Waals surface area contributed by atoms with E-state index in [1.165, 1.54) is 6.92 Å². The summed E-state index contributed by atoms with van der Waals surface area (Å²) < 4.78 is 26.9. The molecule has 0 spiro atoms. The molecule has 1 amide bonds. The first kappa shape index (κ1) is 16.5. The summed E-state index contributed by atoms with van der Waals surface area (Å²) in [6.07, 6.45) is -0.132. The van der Waals surface area contributed by atoms with Crippen molar-refractivity contribution in [3.63, 3.8) is 0 Å². The quantitative estimate of drug-likeness (QED) is 0.615. The van der Waals surface area contributed by atoms with Gasteiger partial charge in [-0.15, -0.1) is 0 Å². The first-order chi connectivity index (χ1) is 9.72. The number of carbonyl (C=O) groups excluding carboxylic acids is 1. The number of halogens is 2. The maximum absolute atomic E-state index is 13.8. The Balaban J connectivity index is 2.92. The number of nitro benzene ring substituents is 1. The minimum atomic E-state index is -1.44. The Bertz CT molecular complexity index is 591. The number of carboxylic acid groups (broad SMARTS) is 1. The van der Waals surface area contributed by atoms with Gasteiger partial charge in [0.05, 0.1) is 16.6 Å². The fourth-order valence-electron chi connectivity index (χ4n) is 1.59. The minimum Gasteiger partial charge on any atom is -0.481 e. The predicted octanol–water partition coefficient (Wildman–Crippen LogP) is 1.86. The summed E-state index contributed by atoms with van der Waals surface area (Å²) in [5.74, 6) is -4.67. The van der Waals surface area contributed by atoms with E-state index in [1.807, 2.05) is 0 Å². The Morgan fingerprint density at radius 3 is 2.57 bits per heavy atom. The zero-order chi connectivity index (χ0) is 16.2. The van der Waals surface area contributed by atoms with E-state index in [1.54, 1.807) is 0 Å². The lowest BCUT2D eigenvalue weighted by Gasteiger charge is -2.13. The molecule has 2 N–H and O–H groups in total. The van der Waals surface area contributed by atoms with Crippen molar-refractivity contribution in [2.45, 2.75) is 25.8 Å². The van der Waals surface area contributed by atoms with Crippen molar-refractivity contribution in [3.05, 3.63) is 39.4 Å². The summed E-state index contributed by atoms with van der Waals surface area (Å²) in [5.41, 5.74) is -1.94. The van der Waals surface area contributed by atoms with Gasteiger partial charge in [0.2, 0.25) is 5.82 Å². The van der Waals surface area contributed by atoms with Crippen molar-refractivity contribution in [1.82, 2.24) is 5.32 Å². The lowest BCUT2D eigenvalue weighted by atomic mass is 10.1. The summed E-state index contributed by atoms with van der Waals surface area (Å²) in [6, 6.07) is 0.303. The summed E-state index contributed by atoms with van der Waals surface area (Å²) in [4.78, 5) is 31.6. The molecule has 1 aromatic carbocycles. The maximum Gasteiger partial charge on any atom is 0.308 e. The van der Waals surface area contributed by atoms with Crippen molar-refractivity contribution in [2.24, 2.45) is 0 Å². The Morgan fingerprint density at radius 2 is 2.05 bits per heavy atom. The summed E-state index contributed by atoms with van der Waals surface area (Å²) in [5, 5.41) is 21.3. The third-order valence-corrected chi connectivity index (χ3v) is 2.63. The molecule has 0 radical (unpaired) electrons. The Kier molecular flexibility index (Phi) is 5.28. The normalized spacial score (nSPS) is 11.8. The molecule has 0 saturated carbocycles. The van der Waals surface area contributed by atoms with Gasteiger partial charge < -0.3 is 10.4 Å². The van der Waals surface area contributed by atoms with Crippen LogP contribution in [0.2, 0.25) is 0 Å². The molecule has 0 aliphatic rings. The predicted molar refractivity (Wildman–Crippen MR) is 66.8 cm³/mol. The highest BCUT2D eigenvalue weighted by atomic mass is 19.1. The number of nitrogens with zero attached hydrogens (tertiary/aromatic N) is 1. The number of aliphatic carboxylic acids is 1. The number of carbonyl (C=O) groups is 2. The maximum atomic E-state index is 13.8. The van der Waals surface area contributed by atoms with E-state index in [0.29, 0.717) is 12.1 Å². The minimum absolute atomic E-state index is 0.0834. The second-order valence-electron chi connectivity index (χ2n) is 4.35. The third kappa shape index (κ3) is 4.48. The van der Waals surface area contributed by atoms with Gasteiger partial charge in [-0.05, 0) is 19.4 Å². The number of benzene rings is 1. The third-order valence-electron chi connectivity index (χ3n) is 2.63. The zero-order valence-electron chi connectivity index (χ0n) is 10.9. The van der Waals surface area contributed by atoms with Crippen LogP contribution in [0.4, 0.5) is 14.5 Å². The summed E-state index contributed by atoms with van der Waals surface area (Å²) in [7, 11) is 0. The number of hydrogen-bond acceptors (Lipinski definition) is 4. The molecule has 0 bridgehead atoms. The number of rotatable bonds is 6. The highest BCUT2D eigenvalue weighted by Crippen LogP contribution is 2.22. The number of nitro groups is 1. The second kappa shape index (κ2) is 6.73. The SMILES string of the molecule is CC(CCC(=O)O)NC(=O)c1cc(F)cc([N+](=O)[O-])c1F. The fourth-order valence-corrected chi connectivity index (χ4v) is 1.59. The van der Waals surface area contributed by atoms with E-state index >= 15 is 0 Å². The van der Waals surface area contributed by atoms with Crippen molar-refractivity contribution >= 4 is 17.6 Å². The molecule has 0 aliphatic carbocycles. The lowest BCUT2D eigenvalue weighted by molar-refractivity contribution is -0.387. The summed E-state index contributed by atoms with van der Waals surface area (Å²) >= 11 is 0. The second-order valence-corrected chi connectivity index (χ2v) is 4.35. The van der Waals surface area contributed by atoms with Crippen LogP contribution in [0.5, 0.6) is 0 Å². The average Bonchev–Trinajstić information content (AvgIpc) is 2.38. The van der Waals surface area contributed by atoms with Crippen LogP contribution >= 0.6 is 0 Å². The molecule has 1 atom stereocenters. The average molecular weight is 302 g/mol. The number of nitrogens with one attached hydrogen (secondary N) is 1.